The zero-order valence-electron chi connectivity index (χ0n) is 9.94. The molecular weight excluding hydrogens is 216 g/mol. The Balaban J connectivity index is 1.85. The summed E-state index contributed by atoms with van der Waals surface area (Å²) in [5.74, 6) is 0.427. The Morgan fingerprint density at radius 1 is 1.47 bits per heavy atom. The minimum atomic E-state index is 0.0760. The molecule has 0 spiro atoms. The van der Waals surface area contributed by atoms with Crippen LogP contribution in [0.25, 0.3) is 0 Å². The lowest BCUT2D eigenvalue weighted by atomic mass is 10.0. The van der Waals surface area contributed by atoms with Crippen molar-refractivity contribution in [3.63, 3.8) is 0 Å². The first-order valence-electron chi connectivity index (χ1n) is 5.96. The molecule has 0 aliphatic carbocycles. The fourth-order valence-corrected chi connectivity index (χ4v) is 2.15. The van der Waals surface area contributed by atoms with Gasteiger partial charge in [-0.15, -0.1) is 0 Å². The zero-order chi connectivity index (χ0) is 12.3. The second kappa shape index (κ2) is 5.19. The molecule has 2 atom stereocenters. The van der Waals surface area contributed by atoms with Crippen molar-refractivity contribution in [3.8, 4) is 5.75 Å². The predicted octanol–water partition coefficient (Wildman–Crippen LogP) is 1.01. The highest BCUT2D eigenvalue weighted by atomic mass is 16.3. The SMILES string of the molecule is CC1NCCC1C(=O)NCc1ccc(O)cc1. The number of aromatic hydroxyl groups is 1. The first kappa shape index (κ1) is 11.9. The Morgan fingerprint density at radius 2 is 2.18 bits per heavy atom. The van der Waals surface area contributed by atoms with Crippen molar-refractivity contribution in [2.24, 2.45) is 5.92 Å². The van der Waals surface area contributed by atoms with Gasteiger partial charge in [0.1, 0.15) is 5.75 Å². The first-order valence-corrected chi connectivity index (χ1v) is 5.96. The molecule has 0 aromatic heterocycles. The standard InChI is InChI=1S/C13H18N2O2/c1-9-12(6-7-14-9)13(17)15-8-10-2-4-11(16)5-3-10/h2-5,9,12,14,16H,6-8H2,1H3,(H,15,17). The molecule has 1 aliphatic rings. The molecule has 1 fully saturated rings. The maximum Gasteiger partial charge on any atom is 0.224 e. The molecule has 2 rings (SSSR count). The number of phenolic OH excluding ortho intramolecular Hbond substituents is 1. The minimum absolute atomic E-state index is 0.0760. The van der Waals surface area contributed by atoms with E-state index in [2.05, 4.69) is 10.6 Å². The van der Waals surface area contributed by atoms with Crippen molar-refractivity contribution in [2.45, 2.75) is 25.9 Å². The number of benzene rings is 1. The smallest absolute Gasteiger partial charge is 0.224 e. The number of hydrogen-bond acceptors (Lipinski definition) is 3. The van der Waals surface area contributed by atoms with Gasteiger partial charge in [-0.3, -0.25) is 4.79 Å². The van der Waals surface area contributed by atoms with Gasteiger partial charge in [-0.25, -0.2) is 0 Å². The van der Waals surface area contributed by atoms with Gasteiger partial charge in [-0.2, -0.15) is 0 Å². The van der Waals surface area contributed by atoms with Crippen LogP contribution in [-0.4, -0.2) is 23.6 Å². The van der Waals surface area contributed by atoms with E-state index in [0.717, 1.165) is 18.5 Å². The summed E-state index contributed by atoms with van der Waals surface area (Å²) < 4.78 is 0. The van der Waals surface area contributed by atoms with E-state index in [0.29, 0.717) is 6.54 Å². The Kier molecular flexibility index (Phi) is 3.64. The summed E-state index contributed by atoms with van der Waals surface area (Å²) in [5.41, 5.74) is 0.995. The number of hydrogen-bond donors (Lipinski definition) is 3. The largest absolute Gasteiger partial charge is 0.508 e. The van der Waals surface area contributed by atoms with Crippen molar-refractivity contribution in [2.75, 3.05) is 6.54 Å². The molecule has 1 amide bonds. The van der Waals surface area contributed by atoms with Gasteiger partial charge in [0, 0.05) is 12.6 Å². The molecule has 0 radical (unpaired) electrons. The molecule has 4 nitrogen and oxygen atoms in total. The van der Waals surface area contributed by atoms with Crippen LogP contribution in [-0.2, 0) is 11.3 Å². The van der Waals surface area contributed by atoms with Crippen molar-refractivity contribution in [1.82, 2.24) is 10.6 Å². The van der Waals surface area contributed by atoms with E-state index >= 15 is 0 Å². The number of carbonyl (C=O) groups is 1. The maximum atomic E-state index is 11.9. The van der Waals surface area contributed by atoms with Crippen LogP contribution in [0.4, 0.5) is 0 Å². The number of carbonyl (C=O) groups excluding carboxylic acids is 1. The number of nitrogens with one attached hydrogen (secondary N) is 2. The molecule has 0 bridgehead atoms. The molecule has 4 heteroatoms. The van der Waals surface area contributed by atoms with E-state index in [4.69, 9.17) is 5.11 Å². The van der Waals surface area contributed by atoms with E-state index < -0.39 is 0 Å². The monoisotopic (exact) mass is 234 g/mol. The number of amides is 1. The summed E-state index contributed by atoms with van der Waals surface area (Å²) in [7, 11) is 0. The highest BCUT2D eigenvalue weighted by Gasteiger charge is 2.28. The molecule has 17 heavy (non-hydrogen) atoms. The predicted molar refractivity (Wildman–Crippen MR) is 65.5 cm³/mol. The minimum Gasteiger partial charge on any atom is -0.508 e. The van der Waals surface area contributed by atoms with Gasteiger partial charge < -0.3 is 15.7 Å². The maximum absolute atomic E-state index is 11.9. The van der Waals surface area contributed by atoms with E-state index in [9.17, 15) is 4.79 Å². The Hall–Kier alpha value is -1.55. The molecule has 1 aliphatic heterocycles. The Bertz CT molecular complexity index is 389. The van der Waals surface area contributed by atoms with E-state index in [-0.39, 0.29) is 23.6 Å². The molecule has 1 saturated heterocycles. The Morgan fingerprint density at radius 3 is 2.76 bits per heavy atom. The summed E-state index contributed by atoms with van der Waals surface area (Å²) in [6, 6.07) is 7.13. The summed E-state index contributed by atoms with van der Waals surface area (Å²) in [6.07, 6.45) is 0.905. The summed E-state index contributed by atoms with van der Waals surface area (Å²) in [4.78, 5) is 11.9. The lowest BCUT2D eigenvalue weighted by molar-refractivity contribution is -0.125. The van der Waals surface area contributed by atoms with Crippen LogP contribution in [0, 0.1) is 5.92 Å². The van der Waals surface area contributed by atoms with Crippen LogP contribution in [0.5, 0.6) is 5.75 Å². The molecule has 1 heterocycles. The van der Waals surface area contributed by atoms with E-state index in [1.807, 2.05) is 19.1 Å². The van der Waals surface area contributed by atoms with Crippen LogP contribution in [0.3, 0.4) is 0 Å². The van der Waals surface area contributed by atoms with Gasteiger partial charge >= 0.3 is 0 Å². The van der Waals surface area contributed by atoms with Gasteiger partial charge in [0.25, 0.3) is 0 Å². The molecule has 2 unspecified atom stereocenters. The van der Waals surface area contributed by atoms with Crippen LogP contribution >= 0.6 is 0 Å². The number of rotatable bonds is 3. The normalized spacial score (nSPS) is 23.6. The lowest BCUT2D eigenvalue weighted by Gasteiger charge is -2.14. The van der Waals surface area contributed by atoms with Crippen LogP contribution in [0.1, 0.15) is 18.9 Å². The zero-order valence-corrected chi connectivity index (χ0v) is 9.94. The van der Waals surface area contributed by atoms with Crippen molar-refractivity contribution < 1.29 is 9.90 Å². The molecule has 0 saturated carbocycles. The van der Waals surface area contributed by atoms with Crippen LogP contribution in [0.2, 0.25) is 0 Å². The third kappa shape index (κ3) is 2.97. The fraction of sp³-hybridized carbons (Fsp3) is 0.462. The third-order valence-electron chi connectivity index (χ3n) is 3.27. The van der Waals surface area contributed by atoms with Crippen LogP contribution in [0.15, 0.2) is 24.3 Å². The quantitative estimate of drug-likeness (QED) is 0.731. The molecular formula is C13H18N2O2. The van der Waals surface area contributed by atoms with Gasteiger partial charge in [0.05, 0.1) is 5.92 Å². The van der Waals surface area contributed by atoms with Gasteiger partial charge in [-0.1, -0.05) is 12.1 Å². The molecule has 1 aromatic carbocycles. The molecule has 1 aromatic rings. The molecule has 3 N–H and O–H groups in total. The van der Waals surface area contributed by atoms with Gasteiger partial charge in [0.15, 0.2) is 0 Å². The average Bonchev–Trinajstić information content (AvgIpc) is 2.74. The first-order chi connectivity index (χ1) is 8.16. The van der Waals surface area contributed by atoms with Crippen molar-refractivity contribution >= 4 is 5.91 Å². The topological polar surface area (TPSA) is 61.4 Å². The van der Waals surface area contributed by atoms with Crippen molar-refractivity contribution in [1.29, 1.82) is 0 Å². The highest BCUT2D eigenvalue weighted by molar-refractivity contribution is 5.79. The van der Waals surface area contributed by atoms with Gasteiger partial charge in [-0.05, 0) is 37.6 Å². The fourth-order valence-electron chi connectivity index (χ4n) is 2.15. The number of phenols is 1. The second-order valence-corrected chi connectivity index (χ2v) is 4.52. The average molecular weight is 234 g/mol. The highest BCUT2D eigenvalue weighted by Crippen LogP contribution is 2.15. The Labute approximate surface area is 101 Å². The summed E-state index contributed by atoms with van der Waals surface area (Å²) in [5, 5.41) is 15.3. The van der Waals surface area contributed by atoms with E-state index in [1.165, 1.54) is 0 Å². The molecule has 92 valence electrons. The third-order valence-corrected chi connectivity index (χ3v) is 3.27. The van der Waals surface area contributed by atoms with Crippen LogP contribution < -0.4 is 10.6 Å². The van der Waals surface area contributed by atoms with E-state index in [1.54, 1.807) is 12.1 Å². The summed E-state index contributed by atoms with van der Waals surface area (Å²) >= 11 is 0. The lowest BCUT2D eigenvalue weighted by Crippen LogP contribution is -2.36. The van der Waals surface area contributed by atoms with Crippen molar-refractivity contribution in [3.05, 3.63) is 29.8 Å². The second-order valence-electron chi connectivity index (χ2n) is 4.52. The summed E-state index contributed by atoms with van der Waals surface area (Å²) in [6.45, 7) is 3.47. The van der Waals surface area contributed by atoms with Gasteiger partial charge in [0.2, 0.25) is 5.91 Å².